The fraction of sp³-hybridized carbons (Fsp3) is 0.273. The SMILES string of the molecule is CCOc1ccccc1C(=O)NCC(=O)OC(C)C(=O)Nc1ccccc1C(C)=O. The maximum absolute atomic E-state index is 12.3. The van der Waals surface area contributed by atoms with Crippen LogP contribution in [0.25, 0.3) is 0 Å². The molecule has 0 bridgehead atoms. The Balaban J connectivity index is 1.90. The summed E-state index contributed by atoms with van der Waals surface area (Å²) in [5.74, 6) is -1.67. The quantitative estimate of drug-likeness (QED) is 0.484. The van der Waals surface area contributed by atoms with Crippen molar-refractivity contribution in [3.8, 4) is 5.75 Å². The standard InChI is InChI=1S/C22H24N2O6/c1-4-29-19-12-8-6-10-17(19)22(28)23-13-20(26)30-15(3)21(27)24-18-11-7-5-9-16(18)14(2)25/h5-12,15H,4,13H2,1-3H3,(H,23,28)(H,24,27). The van der Waals surface area contributed by atoms with Crippen LogP contribution in [0.5, 0.6) is 5.75 Å². The smallest absolute Gasteiger partial charge is 0.326 e. The fourth-order valence-corrected chi connectivity index (χ4v) is 2.61. The molecule has 2 aromatic rings. The van der Waals surface area contributed by atoms with Gasteiger partial charge < -0.3 is 20.1 Å². The first-order chi connectivity index (χ1) is 14.3. The summed E-state index contributed by atoms with van der Waals surface area (Å²) in [7, 11) is 0. The maximum Gasteiger partial charge on any atom is 0.326 e. The van der Waals surface area contributed by atoms with Crippen LogP contribution >= 0.6 is 0 Å². The Morgan fingerprint density at radius 3 is 2.27 bits per heavy atom. The lowest BCUT2D eigenvalue weighted by atomic mass is 10.1. The van der Waals surface area contributed by atoms with Gasteiger partial charge in [-0.15, -0.1) is 0 Å². The van der Waals surface area contributed by atoms with Gasteiger partial charge in [0.2, 0.25) is 0 Å². The molecular formula is C22H24N2O6. The molecule has 0 spiro atoms. The summed E-state index contributed by atoms with van der Waals surface area (Å²) in [6, 6.07) is 13.2. The van der Waals surface area contributed by atoms with E-state index in [-0.39, 0.29) is 5.78 Å². The Morgan fingerprint density at radius 2 is 1.60 bits per heavy atom. The number of anilines is 1. The second-order valence-corrected chi connectivity index (χ2v) is 6.33. The zero-order valence-corrected chi connectivity index (χ0v) is 17.1. The molecule has 0 aromatic heterocycles. The summed E-state index contributed by atoms with van der Waals surface area (Å²) in [4.78, 5) is 48.3. The molecule has 2 aromatic carbocycles. The van der Waals surface area contributed by atoms with E-state index < -0.39 is 30.4 Å². The van der Waals surface area contributed by atoms with E-state index in [2.05, 4.69) is 10.6 Å². The highest BCUT2D eigenvalue weighted by molar-refractivity contribution is 6.05. The Kier molecular flexibility index (Phi) is 8.10. The van der Waals surface area contributed by atoms with Crippen molar-refractivity contribution in [2.75, 3.05) is 18.5 Å². The molecule has 0 saturated heterocycles. The van der Waals surface area contributed by atoms with Gasteiger partial charge in [0.15, 0.2) is 11.9 Å². The van der Waals surface area contributed by atoms with Crippen LogP contribution < -0.4 is 15.4 Å². The first-order valence-electron chi connectivity index (χ1n) is 9.43. The number of hydrogen-bond acceptors (Lipinski definition) is 6. The van der Waals surface area contributed by atoms with Gasteiger partial charge in [0.25, 0.3) is 11.8 Å². The van der Waals surface area contributed by atoms with Gasteiger partial charge in [0.05, 0.1) is 17.9 Å². The van der Waals surface area contributed by atoms with Crippen LogP contribution in [0.3, 0.4) is 0 Å². The third kappa shape index (κ3) is 6.16. The zero-order chi connectivity index (χ0) is 22.1. The van der Waals surface area contributed by atoms with Crippen LogP contribution in [0.4, 0.5) is 5.69 Å². The van der Waals surface area contributed by atoms with E-state index in [1.54, 1.807) is 55.5 Å². The number of esters is 1. The number of benzene rings is 2. The molecule has 158 valence electrons. The molecule has 0 radical (unpaired) electrons. The van der Waals surface area contributed by atoms with Crippen molar-refractivity contribution in [1.82, 2.24) is 5.32 Å². The molecule has 30 heavy (non-hydrogen) atoms. The van der Waals surface area contributed by atoms with Crippen molar-refractivity contribution in [3.05, 3.63) is 59.7 Å². The Bertz CT molecular complexity index is 941. The van der Waals surface area contributed by atoms with E-state index in [0.29, 0.717) is 29.2 Å². The second kappa shape index (κ2) is 10.8. The highest BCUT2D eigenvalue weighted by Crippen LogP contribution is 2.18. The number of amides is 2. The highest BCUT2D eigenvalue weighted by atomic mass is 16.5. The molecule has 0 fully saturated rings. The second-order valence-electron chi connectivity index (χ2n) is 6.33. The number of nitrogens with one attached hydrogen (secondary N) is 2. The molecule has 0 heterocycles. The van der Waals surface area contributed by atoms with Gasteiger partial charge in [-0.05, 0) is 45.0 Å². The summed E-state index contributed by atoms with van der Waals surface area (Å²) in [6.45, 7) is 4.57. The Hall–Kier alpha value is -3.68. The van der Waals surface area contributed by atoms with Gasteiger partial charge >= 0.3 is 5.97 Å². The number of hydrogen-bond donors (Lipinski definition) is 2. The number of carbonyl (C=O) groups is 4. The Labute approximate surface area is 174 Å². The largest absolute Gasteiger partial charge is 0.493 e. The van der Waals surface area contributed by atoms with Gasteiger partial charge in [0.1, 0.15) is 12.3 Å². The Morgan fingerprint density at radius 1 is 0.967 bits per heavy atom. The zero-order valence-electron chi connectivity index (χ0n) is 17.1. The summed E-state index contributed by atoms with van der Waals surface area (Å²) in [5, 5.41) is 5.01. The molecule has 0 aliphatic heterocycles. The summed E-state index contributed by atoms with van der Waals surface area (Å²) in [5.41, 5.74) is 0.974. The fourth-order valence-electron chi connectivity index (χ4n) is 2.61. The van der Waals surface area contributed by atoms with Crippen molar-refractivity contribution in [3.63, 3.8) is 0 Å². The van der Waals surface area contributed by atoms with Crippen molar-refractivity contribution >= 4 is 29.3 Å². The van der Waals surface area contributed by atoms with Crippen molar-refractivity contribution in [2.24, 2.45) is 0 Å². The van der Waals surface area contributed by atoms with E-state index in [9.17, 15) is 19.2 Å². The van der Waals surface area contributed by atoms with E-state index in [1.807, 2.05) is 0 Å². The highest BCUT2D eigenvalue weighted by Gasteiger charge is 2.20. The van der Waals surface area contributed by atoms with Gasteiger partial charge in [-0.1, -0.05) is 24.3 Å². The first-order valence-corrected chi connectivity index (χ1v) is 9.43. The topological polar surface area (TPSA) is 111 Å². The predicted octanol–water partition coefficient (Wildman–Crippen LogP) is 2.59. The number of carbonyl (C=O) groups excluding carboxylic acids is 4. The molecule has 1 atom stereocenters. The van der Waals surface area contributed by atoms with Gasteiger partial charge in [-0.2, -0.15) is 0 Å². The molecule has 2 rings (SSSR count). The van der Waals surface area contributed by atoms with E-state index in [0.717, 1.165) is 0 Å². The minimum Gasteiger partial charge on any atom is -0.493 e. The number of ketones is 1. The molecule has 1 unspecified atom stereocenters. The van der Waals surface area contributed by atoms with Crippen LogP contribution in [-0.4, -0.2) is 42.8 Å². The monoisotopic (exact) mass is 412 g/mol. The molecule has 8 heteroatoms. The first kappa shape index (κ1) is 22.6. The third-order valence-electron chi connectivity index (χ3n) is 4.07. The molecular weight excluding hydrogens is 388 g/mol. The maximum atomic E-state index is 12.3. The van der Waals surface area contributed by atoms with Crippen LogP contribution in [0.1, 0.15) is 41.5 Å². The lowest BCUT2D eigenvalue weighted by molar-refractivity contribution is -0.152. The summed E-state index contributed by atoms with van der Waals surface area (Å²) < 4.78 is 10.5. The molecule has 0 saturated carbocycles. The predicted molar refractivity (Wildman–Crippen MR) is 111 cm³/mol. The average molecular weight is 412 g/mol. The van der Waals surface area contributed by atoms with Crippen LogP contribution in [0.2, 0.25) is 0 Å². The minimum atomic E-state index is -1.12. The van der Waals surface area contributed by atoms with Crippen molar-refractivity contribution in [1.29, 1.82) is 0 Å². The van der Waals surface area contributed by atoms with Crippen molar-refractivity contribution in [2.45, 2.75) is 26.9 Å². The molecule has 0 aliphatic carbocycles. The van der Waals surface area contributed by atoms with E-state index in [1.165, 1.54) is 13.8 Å². The number of para-hydroxylation sites is 2. The molecule has 8 nitrogen and oxygen atoms in total. The summed E-state index contributed by atoms with van der Waals surface area (Å²) in [6.07, 6.45) is -1.12. The third-order valence-corrected chi connectivity index (χ3v) is 4.07. The number of ether oxygens (including phenoxy) is 2. The van der Waals surface area contributed by atoms with Crippen molar-refractivity contribution < 1.29 is 28.7 Å². The number of Topliss-reactive ketones (excluding diaryl/α,β-unsaturated/α-hetero) is 1. The van der Waals surface area contributed by atoms with Crippen LogP contribution in [0, 0.1) is 0 Å². The van der Waals surface area contributed by atoms with E-state index >= 15 is 0 Å². The molecule has 2 N–H and O–H groups in total. The normalized spacial score (nSPS) is 11.2. The number of rotatable bonds is 9. The lowest BCUT2D eigenvalue weighted by Gasteiger charge is -2.15. The molecule has 2 amide bonds. The minimum absolute atomic E-state index is 0.203. The average Bonchev–Trinajstić information content (AvgIpc) is 2.72. The van der Waals surface area contributed by atoms with Gasteiger partial charge in [-0.3, -0.25) is 19.2 Å². The molecule has 0 aliphatic rings. The lowest BCUT2D eigenvalue weighted by Crippen LogP contribution is -2.36. The van der Waals surface area contributed by atoms with E-state index in [4.69, 9.17) is 9.47 Å². The van der Waals surface area contributed by atoms with Crippen LogP contribution in [0.15, 0.2) is 48.5 Å². The van der Waals surface area contributed by atoms with Crippen LogP contribution in [-0.2, 0) is 14.3 Å². The van der Waals surface area contributed by atoms with Gasteiger partial charge in [0, 0.05) is 5.56 Å². The van der Waals surface area contributed by atoms with Gasteiger partial charge in [-0.25, -0.2) is 0 Å². The summed E-state index contributed by atoms with van der Waals surface area (Å²) >= 11 is 0.